The largest absolute Gasteiger partial charge is 0.508 e. The number of hydrogen-bond acceptors (Lipinski definition) is 2. The van der Waals surface area contributed by atoms with Gasteiger partial charge in [0.1, 0.15) is 5.75 Å². The van der Waals surface area contributed by atoms with E-state index < -0.39 is 0 Å². The molecule has 0 fully saturated rings. The fourth-order valence-corrected chi connectivity index (χ4v) is 1.74. The Balaban J connectivity index is 2.64. The van der Waals surface area contributed by atoms with Crippen LogP contribution in [0.25, 0.3) is 0 Å². The number of amides is 1. The number of halogens is 1. The van der Waals surface area contributed by atoms with Gasteiger partial charge in [-0.1, -0.05) is 0 Å². The highest BCUT2D eigenvalue weighted by Gasteiger charge is 2.22. The van der Waals surface area contributed by atoms with Crippen molar-refractivity contribution in [1.82, 2.24) is 0 Å². The highest BCUT2D eigenvalue weighted by molar-refractivity contribution is 9.10. The van der Waals surface area contributed by atoms with Crippen LogP contribution in [0.3, 0.4) is 0 Å². The highest BCUT2D eigenvalue weighted by Crippen LogP contribution is 2.36. The van der Waals surface area contributed by atoms with Crippen molar-refractivity contribution in [3.05, 3.63) is 22.2 Å². The molecule has 0 bridgehead atoms. The SMILES string of the molecule is O=C1Cc2c(O)ccc(Br)c2N1. The molecule has 1 aliphatic rings. The molecule has 1 amide bonds. The van der Waals surface area contributed by atoms with Gasteiger partial charge in [-0.15, -0.1) is 0 Å². The van der Waals surface area contributed by atoms with Crippen molar-refractivity contribution in [3.63, 3.8) is 0 Å². The summed E-state index contributed by atoms with van der Waals surface area (Å²) in [5.74, 6) is 0.0961. The molecule has 1 aliphatic heterocycles. The van der Waals surface area contributed by atoms with Crippen LogP contribution in [0.15, 0.2) is 16.6 Å². The van der Waals surface area contributed by atoms with E-state index in [1.54, 1.807) is 12.1 Å². The van der Waals surface area contributed by atoms with Crippen LogP contribution in [0.4, 0.5) is 5.69 Å². The summed E-state index contributed by atoms with van der Waals surface area (Å²) in [7, 11) is 0. The lowest BCUT2D eigenvalue weighted by atomic mass is 10.1. The molecule has 1 aromatic carbocycles. The Morgan fingerprint density at radius 1 is 1.50 bits per heavy atom. The van der Waals surface area contributed by atoms with Gasteiger partial charge < -0.3 is 10.4 Å². The predicted octanol–water partition coefficient (Wildman–Crippen LogP) is 1.65. The van der Waals surface area contributed by atoms with Crippen LogP contribution >= 0.6 is 15.9 Å². The van der Waals surface area contributed by atoms with E-state index in [1.807, 2.05) is 0 Å². The fraction of sp³-hybridized carbons (Fsp3) is 0.125. The van der Waals surface area contributed by atoms with Crippen molar-refractivity contribution >= 4 is 27.5 Å². The van der Waals surface area contributed by atoms with Crippen molar-refractivity contribution in [2.24, 2.45) is 0 Å². The van der Waals surface area contributed by atoms with E-state index in [0.717, 1.165) is 4.47 Å². The first-order valence-corrected chi connectivity index (χ1v) is 4.28. The van der Waals surface area contributed by atoms with Crippen molar-refractivity contribution in [1.29, 1.82) is 0 Å². The number of carbonyl (C=O) groups excluding carboxylic acids is 1. The molecule has 0 saturated carbocycles. The Kier molecular flexibility index (Phi) is 1.58. The van der Waals surface area contributed by atoms with E-state index in [2.05, 4.69) is 21.2 Å². The van der Waals surface area contributed by atoms with Gasteiger partial charge in [-0.25, -0.2) is 0 Å². The number of benzene rings is 1. The first-order chi connectivity index (χ1) is 5.68. The minimum absolute atomic E-state index is 0.0767. The lowest BCUT2D eigenvalue weighted by molar-refractivity contribution is -0.115. The molecule has 0 spiro atoms. The number of aromatic hydroxyl groups is 1. The van der Waals surface area contributed by atoms with Gasteiger partial charge in [-0.3, -0.25) is 4.79 Å². The molecule has 3 nitrogen and oxygen atoms in total. The molecule has 2 rings (SSSR count). The minimum Gasteiger partial charge on any atom is -0.508 e. The molecule has 0 unspecified atom stereocenters. The molecular weight excluding hydrogens is 222 g/mol. The van der Waals surface area contributed by atoms with Gasteiger partial charge in [0.15, 0.2) is 0 Å². The van der Waals surface area contributed by atoms with Crippen molar-refractivity contribution in [2.45, 2.75) is 6.42 Å². The van der Waals surface area contributed by atoms with E-state index in [4.69, 9.17) is 0 Å². The summed E-state index contributed by atoms with van der Waals surface area (Å²) in [5.41, 5.74) is 1.37. The number of nitrogens with one attached hydrogen (secondary N) is 1. The monoisotopic (exact) mass is 227 g/mol. The number of carbonyl (C=O) groups is 1. The van der Waals surface area contributed by atoms with E-state index in [-0.39, 0.29) is 18.1 Å². The zero-order valence-corrected chi connectivity index (χ0v) is 7.68. The number of fused-ring (bicyclic) bond motifs is 1. The summed E-state index contributed by atoms with van der Waals surface area (Å²) in [6.45, 7) is 0. The van der Waals surface area contributed by atoms with Crippen LogP contribution in [0, 0.1) is 0 Å². The van der Waals surface area contributed by atoms with Crippen LogP contribution in [0.5, 0.6) is 5.75 Å². The quantitative estimate of drug-likeness (QED) is 0.709. The summed E-state index contributed by atoms with van der Waals surface area (Å²) in [4.78, 5) is 11.0. The average Bonchev–Trinajstić information content (AvgIpc) is 2.41. The molecule has 0 aliphatic carbocycles. The average molecular weight is 228 g/mol. The van der Waals surface area contributed by atoms with Crippen molar-refractivity contribution in [2.75, 3.05) is 5.32 Å². The lowest BCUT2D eigenvalue weighted by Crippen LogP contribution is -2.03. The Morgan fingerprint density at radius 2 is 2.25 bits per heavy atom. The van der Waals surface area contributed by atoms with E-state index in [1.165, 1.54) is 0 Å². The molecule has 0 atom stereocenters. The number of hydrogen-bond donors (Lipinski definition) is 2. The van der Waals surface area contributed by atoms with Crippen LogP contribution in [0.2, 0.25) is 0 Å². The maximum absolute atomic E-state index is 11.0. The van der Waals surface area contributed by atoms with Gasteiger partial charge in [0, 0.05) is 10.0 Å². The molecule has 1 aromatic rings. The number of phenols is 1. The molecule has 62 valence electrons. The maximum atomic E-state index is 11.0. The number of rotatable bonds is 0. The summed E-state index contributed by atoms with van der Waals surface area (Å²) in [6, 6.07) is 3.28. The van der Waals surface area contributed by atoms with Crippen molar-refractivity contribution < 1.29 is 9.90 Å². The molecule has 12 heavy (non-hydrogen) atoms. The summed E-state index contributed by atoms with van der Waals surface area (Å²) in [6.07, 6.45) is 0.264. The van der Waals surface area contributed by atoms with Gasteiger partial charge in [-0.05, 0) is 28.1 Å². The zero-order chi connectivity index (χ0) is 8.72. The first-order valence-electron chi connectivity index (χ1n) is 3.48. The predicted molar refractivity (Wildman–Crippen MR) is 48.1 cm³/mol. The summed E-state index contributed by atoms with van der Waals surface area (Å²) < 4.78 is 0.807. The number of anilines is 1. The number of phenolic OH excluding ortho intramolecular Hbond substituents is 1. The summed E-state index contributed by atoms with van der Waals surface area (Å²) in [5, 5.41) is 12.0. The van der Waals surface area contributed by atoms with Gasteiger partial charge in [-0.2, -0.15) is 0 Å². The second-order valence-corrected chi connectivity index (χ2v) is 3.50. The maximum Gasteiger partial charge on any atom is 0.229 e. The molecule has 4 heteroatoms. The first kappa shape index (κ1) is 7.61. The van der Waals surface area contributed by atoms with Crippen LogP contribution < -0.4 is 5.32 Å². The summed E-state index contributed by atoms with van der Waals surface area (Å²) >= 11 is 3.28. The van der Waals surface area contributed by atoms with E-state index in [9.17, 15) is 9.90 Å². The molecule has 0 aromatic heterocycles. The lowest BCUT2D eigenvalue weighted by Gasteiger charge is -2.02. The van der Waals surface area contributed by atoms with E-state index in [0.29, 0.717) is 11.3 Å². The standard InChI is InChI=1S/C8H6BrNO2/c9-5-1-2-6(11)4-3-7(12)10-8(4)5/h1-2,11H,3H2,(H,10,12). The van der Waals surface area contributed by atoms with E-state index >= 15 is 0 Å². The van der Waals surface area contributed by atoms with Crippen molar-refractivity contribution in [3.8, 4) is 5.75 Å². The van der Waals surface area contributed by atoms with Crippen LogP contribution in [-0.4, -0.2) is 11.0 Å². The Morgan fingerprint density at radius 3 is 2.92 bits per heavy atom. The van der Waals surface area contributed by atoms with Crippen LogP contribution in [-0.2, 0) is 11.2 Å². The van der Waals surface area contributed by atoms with Gasteiger partial charge >= 0.3 is 0 Å². The second-order valence-electron chi connectivity index (χ2n) is 2.65. The van der Waals surface area contributed by atoms with Gasteiger partial charge in [0.25, 0.3) is 0 Å². The van der Waals surface area contributed by atoms with Crippen LogP contribution in [0.1, 0.15) is 5.56 Å². The molecule has 2 N–H and O–H groups in total. The normalized spacial score (nSPS) is 14.2. The fourth-order valence-electron chi connectivity index (χ4n) is 1.27. The third kappa shape index (κ3) is 0.992. The molecule has 0 saturated heterocycles. The topological polar surface area (TPSA) is 49.3 Å². The van der Waals surface area contributed by atoms with Gasteiger partial charge in [0.05, 0.1) is 12.1 Å². The molecule has 0 radical (unpaired) electrons. The molecule has 1 heterocycles. The zero-order valence-electron chi connectivity index (χ0n) is 6.10. The highest BCUT2D eigenvalue weighted by atomic mass is 79.9. The third-order valence-electron chi connectivity index (χ3n) is 1.84. The minimum atomic E-state index is -0.0767. The van der Waals surface area contributed by atoms with Gasteiger partial charge in [0.2, 0.25) is 5.91 Å². The third-order valence-corrected chi connectivity index (χ3v) is 2.50. The Labute approximate surface area is 77.5 Å². The Hall–Kier alpha value is -1.03. The molecular formula is C8H6BrNO2. The smallest absolute Gasteiger partial charge is 0.229 e. The Bertz CT molecular complexity index is 329. The second kappa shape index (κ2) is 2.48.